The van der Waals surface area contributed by atoms with E-state index in [1.807, 2.05) is 72.5 Å². The summed E-state index contributed by atoms with van der Waals surface area (Å²) < 4.78 is 5.52. The number of ether oxygens (including phenoxy) is 1. The molecule has 2 saturated heterocycles. The molecule has 8 heteroatoms. The zero-order valence-electron chi connectivity index (χ0n) is 29.9. The van der Waals surface area contributed by atoms with Crippen molar-refractivity contribution in [1.29, 1.82) is 0 Å². The fourth-order valence-electron chi connectivity index (χ4n) is 7.52. The van der Waals surface area contributed by atoms with Gasteiger partial charge in [-0.05, 0) is 122 Å². The number of aromatic nitrogens is 1. The van der Waals surface area contributed by atoms with E-state index in [1.54, 1.807) is 41.6 Å². The molecule has 51 heavy (non-hydrogen) atoms. The van der Waals surface area contributed by atoms with Crippen molar-refractivity contribution in [2.75, 3.05) is 32.8 Å². The van der Waals surface area contributed by atoms with Gasteiger partial charge in [0.2, 0.25) is 0 Å². The van der Waals surface area contributed by atoms with E-state index < -0.39 is 5.79 Å². The van der Waals surface area contributed by atoms with Crippen molar-refractivity contribution >= 4 is 17.9 Å². The van der Waals surface area contributed by atoms with E-state index in [0.717, 1.165) is 60.0 Å². The van der Waals surface area contributed by atoms with Gasteiger partial charge in [-0.3, -0.25) is 14.6 Å². The molecule has 0 radical (unpaired) electrons. The van der Waals surface area contributed by atoms with Crippen LogP contribution in [0.25, 0.3) is 17.2 Å². The molecule has 268 valence electrons. The quantitative estimate of drug-likeness (QED) is 0.144. The third kappa shape index (κ3) is 10.1. The molecule has 3 aromatic rings. The second-order valence-electron chi connectivity index (χ2n) is 14.1. The summed E-state index contributed by atoms with van der Waals surface area (Å²) in [4.78, 5) is 35.2. The van der Waals surface area contributed by atoms with Gasteiger partial charge in [0.1, 0.15) is 0 Å². The topological polar surface area (TPSA) is 95.0 Å². The van der Waals surface area contributed by atoms with E-state index in [-0.39, 0.29) is 18.2 Å². The van der Waals surface area contributed by atoms with Gasteiger partial charge in [-0.2, -0.15) is 0 Å². The van der Waals surface area contributed by atoms with Crippen molar-refractivity contribution in [2.24, 2.45) is 11.8 Å². The molecule has 6 rings (SSSR count). The standard InChI is InChI=1S/C43H52N4O4/c1-2-51-43(50)22-16-40(17-23-43)47(41(48)15-14-35-10-6-24-45-31-35)32-36-9-4-11-37(29-36)38-12-5-13-39(30-38)42(49)46-27-20-34(21-28-46)8-3-7-33-18-25-44-26-19-33/h4-6,9-17,22,24,29-31,33-34,44,50H,2-3,7-8,18-21,23,25-28,32H2,1H3/b15-14+. The van der Waals surface area contributed by atoms with Gasteiger partial charge in [-0.15, -0.1) is 0 Å². The second kappa shape index (κ2) is 17.7. The highest BCUT2D eigenvalue weighted by atomic mass is 16.6. The van der Waals surface area contributed by atoms with E-state index in [1.165, 1.54) is 45.2 Å². The van der Waals surface area contributed by atoms with E-state index in [9.17, 15) is 14.7 Å². The van der Waals surface area contributed by atoms with Crippen LogP contribution in [0.15, 0.2) is 103 Å². The number of nitrogens with zero attached hydrogens (tertiary/aromatic N) is 3. The summed E-state index contributed by atoms with van der Waals surface area (Å²) in [6, 6.07) is 19.7. The van der Waals surface area contributed by atoms with Crippen LogP contribution >= 0.6 is 0 Å². The number of pyridine rings is 1. The molecule has 2 N–H and O–H groups in total. The number of nitrogens with one attached hydrogen (secondary N) is 1. The van der Waals surface area contributed by atoms with Gasteiger partial charge < -0.3 is 25.0 Å². The molecular weight excluding hydrogens is 636 g/mol. The first-order chi connectivity index (χ1) is 24.9. The number of hydrogen-bond donors (Lipinski definition) is 2. The van der Waals surface area contributed by atoms with Gasteiger partial charge in [0.15, 0.2) is 5.79 Å². The Morgan fingerprint density at radius 1 is 1.00 bits per heavy atom. The highest BCUT2D eigenvalue weighted by Gasteiger charge is 2.28. The first-order valence-electron chi connectivity index (χ1n) is 18.7. The summed E-state index contributed by atoms with van der Waals surface area (Å²) in [5, 5.41) is 14.2. The van der Waals surface area contributed by atoms with Crippen LogP contribution in [-0.2, 0) is 16.1 Å². The van der Waals surface area contributed by atoms with E-state index in [4.69, 9.17) is 4.74 Å². The largest absolute Gasteiger partial charge is 0.362 e. The molecule has 0 bridgehead atoms. The summed E-state index contributed by atoms with van der Waals surface area (Å²) in [7, 11) is 0. The molecule has 2 aliphatic heterocycles. The molecule has 2 amide bonds. The lowest BCUT2D eigenvalue weighted by Crippen LogP contribution is -2.38. The summed E-state index contributed by atoms with van der Waals surface area (Å²) in [5.74, 6) is 0.125. The summed E-state index contributed by atoms with van der Waals surface area (Å²) in [5.41, 5.74) is 5.10. The molecule has 0 spiro atoms. The van der Waals surface area contributed by atoms with E-state index in [0.29, 0.717) is 24.4 Å². The molecule has 8 nitrogen and oxygen atoms in total. The number of amides is 2. The first-order valence-corrected chi connectivity index (χ1v) is 18.7. The Bertz CT molecular complexity index is 1710. The molecule has 1 aromatic heterocycles. The van der Waals surface area contributed by atoms with Crippen LogP contribution in [0.1, 0.15) is 79.8 Å². The minimum absolute atomic E-state index is 0.0985. The highest BCUT2D eigenvalue weighted by Crippen LogP contribution is 2.29. The fraction of sp³-hybridized carbons (Fsp3) is 0.419. The SMILES string of the molecule is CCOC1(O)C=CC(N(Cc2cccc(-c3cccc(C(=O)N4CCC(CCCC5CCNCC5)CC4)c3)c2)C(=O)/C=C/c2cccnc2)=CC1. The Kier molecular flexibility index (Phi) is 12.7. The fourth-order valence-corrected chi connectivity index (χ4v) is 7.52. The van der Waals surface area contributed by atoms with Crippen LogP contribution in [0.2, 0.25) is 0 Å². The number of aliphatic hydroxyl groups is 1. The van der Waals surface area contributed by atoms with Crippen LogP contribution in [0.4, 0.5) is 0 Å². The summed E-state index contributed by atoms with van der Waals surface area (Å²) in [6.45, 7) is 6.51. The van der Waals surface area contributed by atoms with Crippen molar-refractivity contribution in [3.63, 3.8) is 0 Å². The molecule has 1 aliphatic carbocycles. The average Bonchev–Trinajstić information content (AvgIpc) is 3.17. The van der Waals surface area contributed by atoms with Gasteiger partial charge in [-0.1, -0.05) is 61.7 Å². The number of piperidine rings is 2. The monoisotopic (exact) mass is 688 g/mol. The number of carbonyl (C=O) groups is 2. The number of rotatable bonds is 13. The molecule has 3 heterocycles. The van der Waals surface area contributed by atoms with Crippen molar-refractivity contribution < 1.29 is 19.4 Å². The van der Waals surface area contributed by atoms with E-state index in [2.05, 4.69) is 16.4 Å². The average molecular weight is 689 g/mol. The third-order valence-corrected chi connectivity index (χ3v) is 10.5. The summed E-state index contributed by atoms with van der Waals surface area (Å²) in [6.07, 6.45) is 20.9. The minimum Gasteiger partial charge on any atom is -0.362 e. The number of likely N-dealkylation sites (tertiary alicyclic amines) is 1. The van der Waals surface area contributed by atoms with Gasteiger partial charge in [0.25, 0.3) is 11.8 Å². The smallest absolute Gasteiger partial charge is 0.253 e. The molecule has 2 fully saturated rings. The Labute approximate surface area is 302 Å². The normalized spacial score (nSPS) is 20.0. The Morgan fingerprint density at radius 2 is 1.75 bits per heavy atom. The molecule has 1 unspecified atom stereocenters. The molecule has 0 saturated carbocycles. The van der Waals surface area contributed by atoms with Gasteiger partial charge >= 0.3 is 0 Å². The van der Waals surface area contributed by atoms with Crippen LogP contribution in [-0.4, -0.2) is 70.3 Å². The maximum Gasteiger partial charge on any atom is 0.253 e. The van der Waals surface area contributed by atoms with E-state index >= 15 is 0 Å². The van der Waals surface area contributed by atoms with Gasteiger partial charge in [0, 0.05) is 55.8 Å². The zero-order chi connectivity index (χ0) is 35.5. The Balaban J connectivity index is 1.11. The third-order valence-electron chi connectivity index (χ3n) is 10.5. The van der Waals surface area contributed by atoms with Crippen molar-refractivity contribution in [2.45, 2.75) is 70.6 Å². The van der Waals surface area contributed by atoms with Crippen LogP contribution in [0.5, 0.6) is 0 Å². The maximum atomic E-state index is 13.7. The first kappa shape index (κ1) is 36.4. The second-order valence-corrected chi connectivity index (χ2v) is 14.1. The lowest BCUT2D eigenvalue weighted by molar-refractivity contribution is -0.161. The zero-order valence-corrected chi connectivity index (χ0v) is 29.9. The van der Waals surface area contributed by atoms with Crippen LogP contribution in [0, 0.1) is 11.8 Å². The Morgan fingerprint density at radius 3 is 2.45 bits per heavy atom. The number of hydrogen-bond acceptors (Lipinski definition) is 6. The molecule has 1 atom stereocenters. The maximum absolute atomic E-state index is 13.7. The highest BCUT2D eigenvalue weighted by molar-refractivity contribution is 5.95. The van der Waals surface area contributed by atoms with Gasteiger partial charge in [-0.25, -0.2) is 0 Å². The minimum atomic E-state index is -1.39. The molecular formula is C43H52N4O4. The molecule has 3 aliphatic rings. The lowest BCUT2D eigenvalue weighted by atomic mass is 9.87. The van der Waals surface area contributed by atoms with Crippen LogP contribution in [0.3, 0.4) is 0 Å². The van der Waals surface area contributed by atoms with Crippen molar-refractivity contribution in [3.05, 3.63) is 120 Å². The number of benzene rings is 2. The molecule has 2 aromatic carbocycles. The van der Waals surface area contributed by atoms with Crippen molar-refractivity contribution in [3.8, 4) is 11.1 Å². The van der Waals surface area contributed by atoms with Crippen molar-refractivity contribution in [1.82, 2.24) is 20.1 Å². The summed E-state index contributed by atoms with van der Waals surface area (Å²) >= 11 is 0. The Hall–Kier alpha value is -4.37. The predicted octanol–water partition coefficient (Wildman–Crippen LogP) is 7.38. The van der Waals surface area contributed by atoms with Gasteiger partial charge in [0.05, 0.1) is 6.54 Å². The van der Waals surface area contributed by atoms with Crippen LogP contribution < -0.4 is 5.32 Å². The predicted molar refractivity (Wildman–Crippen MR) is 202 cm³/mol. The number of carbonyl (C=O) groups excluding carboxylic acids is 2. The number of allylic oxidation sites excluding steroid dienone is 1. The lowest BCUT2D eigenvalue weighted by Gasteiger charge is -2.32.